The molecule has 3 aromatic rings. The number of phenols is 1. The summed E-state index contributed by atoms with van der Waals surface area (Å²) in [6.45, 7) is 13.4. The van der Waals surface area contributed by atoms with E-state index < -0.39 is 8.07 Å². The predicted octanol–water partition coefficient (Wildman–Crippen LogP) is 5.63. The van der Waals surface area contributed by atoms with E-state index >= 15 is 0 Å². The van der Waals surface area contributed by atoms with Crippen LogP contribution in [0.4, 0.5) is 0 Å². The van der Waals surface area contributed by atoms with Crippen molar-refractivity contribution in [3.05, 3.63) is 47.5 Å². The van der Waals surface area contributed by atoms with Gasteiger partial charge < -0.3 is 9.84 Å². The van der Waals surface area contributed by atoms with Crippen LogP contribution < -0.4 is 0 Å². The highest BCUT2D eigenvalue weighted by Crippen LogP contribution is 2.36. The van der Waals surface area contributed by atoms with Gasteiger partial charge in [0.25, 0.3) is 0 Å². The van der Waals surface area contributed by atoms with Crippen LogP contribution >= 0.6 is 0 Å². The van der Waals surface area contributed by atoms with Gasteiger partial charge in [0.05, 0.1) is 6.61 Å². The monoisotopic (exact) mass is 453 g/mol. The lowest BCUT2D eigenvalue weighted by atomic mass is 9.84. The molecule has 7 heteroatoms. The number of carbonyl (C=O) groups is 1. The number of nitrogens with zero attached hydrogens (tertiary/aromatic N) is 3. The fourth-order valence-electron chi connectivity index (χ4n) is 3.52. The Labute approximate surface area is 191 Å². The Kier molecular flexibility index (Phi) is 7.08. The molecule has 1 heterocycles. The molecule has 0 saturated heterocycles. The standard InChI is InChI=1S/C25H35N3O3Si/c1-25(2,3)19-16-18(10-9-14-31-23(29)13-15-32(4,5)6)17-22(24(19)30)28-26-20-11-7-8-12-21(20)27-28/h7-8,11-12,16-17,30H,9-10,13-15H2,1-6H3. The quantitative estimate of drug-likeness (QED) is 0.272. The number of rotatable bonds is 8. The summed E-state index contributed by atoms with van der Waals surface area (Å²) in [5.74, 6) is 0.0842. The van der Waals surface area contributed by atoms with E-state index in [0.29, 0.717) is 18.7 Å². The number of phenolic OH excluding ortho intramolecular Hbond substituents is 1. The Morgan fingerprint density at radius 3 is 2.28 bits per heavy atom. The maximum absolute atomic E-state index is 12.0. The minimum Gasteiger partial charge on any atom is -0.505 e. The van der Waals surface area contributed by atoms with E-state index in [1.54, 1.807) is 0 Å². The number of hydrogen-bond acceptors (Lipinski definition) is 5. The minimum atomic E-state index is -1.24. The van der Waals surface area contributed by atoms with Gasteiger partial charge in [0, 0.05) is 20.1 Å². The van der Waals surface area contributed by atoms with Gasteiger partial charge in [0.2, 0.25) is 0 Å². The van der Waals surface area contributed by atoms with Crippen molar-refractivity contribution in [2.45, 2.75) is 71.1 Å². The van der Waals surface area contributed by atoms with Gasteiger partial charge in [-0.05, 0) is 48.1 Å². The van der Waals surface area contributed by atoms with Crippen LogP contribution in [-0.4, -0.2) is 40.8 Å². The van der Waals surface area contributed by atoms with E-state index in [0.717, 1.165) is 41.0 Å². The van der Waals surface area contributed by atoms with Crippen LogP contribution in [0.25, 0.3) is 16.7 Å². The van der Waals surface area contributed by atoms with Crippen molar-refractivity contribution < 1.29 is 14.6 Å². The fraction of sp³-hybridized carbons (Fsp3) is 0.480. The fourth-order valence-corrected chi connectivity index (χ4v) is 4.48. The molecule has 1 N–H and O–H groups in total. The zero-order valence-corrected chi connectivity index (χ0v) is 21.1. The summed E-state index contributed by atoms with van der Waals surface area (Å²) in [6.07, 6.45) is 1.96. The molecule has 0 spiro atoms. The first-order valence-electron chi connectivity index (χ1n) is 11.3. The third-order valence-electron chi connectivity index (χ3n) is 5.41. The Hall–Kier alpha value is -2.67. The summed E-state index contributed by atoms with van der Waals surface area (Å²) in [5.41, 5.74) is 3.78. The maximum atomic E-state index is 12.0. The molecule has 0 atom stereocenters. The average Bonchev–Trinajstić information content (AvgIpc) is 3.13. The van der Waals surface area contributed by atoms with Crippen molar-refractivity contribution in [2.24, 2.45) is 0 Å². The molecule has 172 valence electrons. The molecule has 0 bridgehead atoms. The molecule has 1 aromatic heterocycles. The van der Waals surface area contributed by atoms with Crippen molar-refractivity contribution in [3.8, 4) is 11.4 Å². The number of benzene rings is 2. The predicted molar refractivity (Wildman–Crippen MR) is 131 cm³/mol. The first-order valence-corrected chi connectivity index (χ1v) is 15.0. The maximum Gasteiger partial charge on any atom is 0.305 e. The minimum absolute atomic E-state index is 0.110. The van der Waals surface area contributed by atoms with Gasteiger partial charge >= 0.3 is 5.97 Å². The lowest BCUT2D eigenvalue weighted by Gasteiger charge is -2.23. The van der Waals surface area contributed by atoms with Crippen LogP contribution in [0.5, 0.6) is 5.75 Å². The van der Waals surface area contributed by atoms with Gasteiger partial charge in [-0.1, -0.05) is 58.6 Å². The molecule has 0 saturated carbocycles. The first kappa shape index (κ1) is 24.0. The van der Waals surface area contributed by atoms with Crippen LogP contribution in [0.3, 0.4) is 0 Å². The lowest BCUT2D eigenvalue weighted by molar-refractivity contribution is -0.143. The van der Waals surface area contributed by atoms with Crippen LogP contribution in [0.1, 0.15) is 44.7 Å². The Morgan fingerprint density at radius 2 is 1.72 bits per heavy atom. The Morgan fingerprint density at radius 1 is 1.09 bits per heavy atom. The van der Waals surface area contributed by atoms with Crippen molar-refractivity contribution in [1.29, 1.82) is 0 Å². The second-order valence-corrected chi connectivity index (χ2v) is 16.2. The van der Waals surface area contributed by atoms with Crippen LogP contribution in [-0.2, 0) is 21.4 Å². The smallest absolute Gasteiger partial charge is 0.305 e. The average molecular weight is 454 g/mol. The van der Waals surface area contributed by atoms with Gasteiger partial charge in [-0.3, -0.25) is 4.79 Å². The van der Waals surface area contributed by atoms with Gasteiger partial charge in [-0.25, -0.2) is 0 Å². The van der Waals surface area contributed by atoms with Gasteiger partial charge in [0.1, 0.15) is 22.5 Å². The normalized spacial score (nSPS) is 12.3. The van der Waals surface area contributed by atoms with Gasteiger partial charge in [0.15, 0.2) is 0 Å². The van der Waals surface area contributed by atoms with Gasteiger partial charge in [-0.15, -0.1) is 15.0 Å². The summed E-state index contributed by atoms with van der Waals surface area (Å²) >= 11 is 0. The topological polar surface area (TPSA) is 77.2 Å². The highest BCUT2D eigenvalue weighted by Gasteiger charge is 2.23. The van der Waals surface area contributed by atoms with Crippen molar-refractivity contribution in [3.63, 3.8) is 0 Å². The Bertz CT molecular complexity index is 1060. The highest BCUT2D eigenvalue weighted by molar-refractivity contribution is 6.76. The van der Waals surface area contributed by atoms with E-state index in [1.165, 1.54) is 4.80 Å². The number of ether oxygens (including phenoxy) is 1. The number of aromatic nitrogens is 3. The molecule has 0 amide bonds. The third kappa shape index (κ3) is 6.19. The molecule has 0 fully saturated rings. The molecular weight excluding hydrogens is 418 g/mol. The summed E-state index contributed by atoms with van der Waals surface area (Å²) in [4.78, 5) is 13.5. The van der Waals surface area contributed by atoms with Crippen molar-refractivity contribution in [1.82, 2.24) is 15.0 Å². The number of fused-ring (bicyclic) bond motifs is 1. The molecule has 2 aromatic carbocycles. The summed E-state index contributed by atoms with van der Waals surface area (Å²) in [6, 6.07) is 12.6. The summed E-state index contributed by atoms with van der Waals surface area (Å²) in [7, 11) is -1.24. The second-order valence-electron chi connectivity index (χ2n) is 10.6. The zero-order chi connectivity index (χ0) is 23.5. The van der Waals surface area contributed by atoms with E-state index in [4.69, 9.17) is 4.74 Å². The van der Waals surface area contributed by atoms with E-state index in [9.17, 15) is 9.90 Å². The molecule has 0 radical (unpaired) electrons. The van der Waals surface area contributed by atoms with Crippen molar-refractivity contribution in [2.75, 3.05) is 6.61 Å². The molecule has 0 aliphatic carbocycles. The molecule has 32 heavy (non-hydrogen) atoms. The van der Waals surface area contributed by atoms with Crippen molar-refractivity contribution >= 4 is 25.1 Å². The Balaban J connectivity index is 1.76. The number of aromatic hydroxyl groups is 1. The SMILES string of the molecule is CC(C)(C)c1cc(CCCOC(=O)CC[Si](C)(C)C)cc(-n2nc3ccccc3n2)c1O. The van der Waals surface area contributed by atoms with E-state index in [1.807, 2.05) is 36.4 Å². The molecule has 0 aliphatic rings. The summed E-state index contributed by atoms with van der Waals surface area (Å²) < 4.78 is 5.44. The molecule has 6 nitrogen and oxygen atoms in total. The lowest BCUT2D eigenvalue weighted by Crippen LogP contribution is -2.21. The number of carbonyl (C=O) groups excluding carboxylic acids is 1. The highest BCUT2D eigenvalue weighted by atomic mass is 28.3. The summed E-state index contributed by atoms with van der Waals surface area (Å²) in [5, 5.41) is 20.1. The van der Waals surface area contributed by atoms with Gasteiger partial charge in [-0.2, -0.15) is 0 Å². The molecular formula is C25H35N3O3Si. The molecule has 0 unspecified atom stereocenters. The second kappa shape index (κ2) is 9.44. The van der Waals surface area contributed by atoms with Crippen LogP contribution in [0.15, 0.2) is 36.4 Å². The number of esters is 1. The molecule has 0 aliphatic heterocycles. The molecule has 3 rings (SSSR count). The number of hydrogen-bond donors (Lipinski definition) is 1. The van der Waals surface area contributed by atoms with E-state index in [2.05, 4.69) is 50.6 Å². The van der Waals surface area contributed by atoms with Crippen LogP contribution in [0, 0.1) is 0 Å². The van der Waals surface area contributed by atoms with Crippen LogP contribution in [0.2, 0.25) is 25.7 Å². The number of aryl methyl sites for hydroxylation is 1. The zero-order valence-electron chi connectivity index (χ0n) is 20.1. The largest absolute Gasteiger partial charge is 0.505 e. The van der Waals surface area contributed by atoms with E-state index in [-0.39, 0.29) is 17.1 Å². The first-order chi connectivity index (χ1) is 14.9. The third-order valence-corrected chi connectivity index (χ3v) is 7.16.